The van der Waals surface area contributed by atoms with Gasteiger partial charge in [0.15, 0.2) is 0 Å². The first-order valence-electron chi connectivity index (χ1n) is 8.02. The third-order valence-corrected chi connectivity index (χ3v) is 3.45. The van der Waals surface area contributed by atoms with E-state index < -0.39 is 0 Å². The van der Waals surface area contributed by atoms with E-state index in [2.05, 4.69) is 57.3 Å². The first-order valence-corrected chi connectivity index (χ1v) is 8.02. The largest absolute Gasteiger partial charge is 0.372 e. The molecule has 0 fully saturated rings. The second-order valence-electron chi connectivity index (χ2n) is 6.01. The van der Waals surface area contributed by atoms with Crippen LogP contribution in [0.1, 0.15) is 57.3 Å². The van der Waals surface area contributed by atoms with Crippen LogP contribution in [0, 0.1) is 12.8 Å². The summed E-state index contributed by atoms with van der Waals surface area (Å²) in [7, 11) is 0. The van der Waals surface area contributed by atoms with Crippen molar-refractivity contribution in [1.29, 1.82) is 0 Å². The van der Waals surface area contributed by atoms with Crippen LogP contribution < -0.4 is 5.32 Å². The van der Waals surface area contributed by atoms with Crippen LogP contribution in [-0.2, 0) is 4.74 Å². The van der Waals surface area contributed by atoms with Crippen molar-refractivity contribution in [3.8, 4) is 0 Å². The molecule has 0 aliphatic heterocycles. The van der Waals surface area contributed by atoms with Gasteiger partial charge in [0.25, 0.3) is 0 Å². The van der Waals surface area contributed by atoms with Gasteiger partial charge in [-0.15, -0.1) is 0 Å². The number of nitrogens with one attached hydrogen (secondary N) is 1. The van der Waals surface area contributed by atoms with Crippen molar-refractivity contribution in [1.82, 2.24) is 5.32 Å². The van der Waals surface area contributed by atoms with E-state index in [1.54, 1.807) is 0 Å². The predicted octanol–water partition coefficient (Wildman–Crippen LogP) is 4.49. The number of rotatable bonds is 10. The van der Waals surface area contributed by atoms with Crippen LogP contribution in [0.25, 0.3) is 0 Å². The minimum atomic E-state index is 0.175. The van der Waals surface area contributed by atoms with Crippen molar-refractivity contribution in [2.24, 2.45) is 5.92 Å². The van der Waals surface area contributed by atoms with Gasteiger partial charge < -0.3 is 10.1 Å². The molecule has 1 aromatic rings. The van der Waals surface area contributed by atoms with Crippen LogP contribution in [-0.4, -0.2) is 19.7 Å². The van der Waals surface area contributed by atoms with Gasteiger partial charge in [-0.3, -0.25) is 0 Å². The Kier molecular flexibility index (Phi) is 8.56. The van der Waals surface area contributed by atoms with Crippen molar-refractivity contribution in [3.05, 3.63) is 35.4 Å². The van der Waals surface area contributed by atoms with E-state index in [9.17, 15) is 0 Å². The Morgan fingerprint density at radius 2 is 1.85 bits per heavy atom. The van der Waals surface area contributed by atoms with Crippen molar-refractivity contribution in [3.63, 3.8) is 0 Å². The van der Waals surface area contributed by atoms with Crippen LogP contribution in [0.3, 0.4) is 0 Å². The molecule has 0 aliphatic carbocycles. The molecule has 0 spiro atoms. The third kappa shape index (κ3) is 7.06. The van der Waals surface area contributed by atoms with Gasteiger partial charge in [-0.1, -0.05) is 50.6 Å². The zero-order valence-corrected chi connectivity index (χ0v) is 13.6. The molecule has 114 valence electrons. The van der Waals surface area contributed by atoms with Crippen LogP contribution in [0.5, 0.6) is 0 Å². The van der Waals surface area contributed by atoms with Gasteiger partial charge in [-0.2, -0.15) is 0 Å². The number of hydrogen-bond donors (Lipinski definition) is 1. The van der Waals surface area contributed by atoms with E-state index in [4.69, 9.17) is 4.74 Å². The molecule has 1 atom stereocenters. The standard InChI is InChI=1S/C18H31NO/c1-5-12-19-14-18(20-13-6-7-15(2)3)17-10-8-16(4)9-11-17/h8-11,15,18-19H,5-7,12-14H2,1-4H3. The first kappa shape index (κ1) is 17.2. The van der Waals surface area contributed by atoms with Crippen LogP contribution in [0.2, 0.25) is 0 Å². The summed E-state index contributed by atoms with van der Waals surface area (Å²) in [6.45, 7) is 11.6. The van der Waals surface area contributed by atoms with Gasteiger partial charge in [-0.25, -0.2) is 0 Å². The van der Waals surface area contributed by atoms with Crippen LogP contribution >= 0.6 is 0 Å². The van der Waals surface area contributed by atoms with Gasteiger partial charge in [0.1, 0.15) is 0 Å². The minimum absolute atomic E-state index is 0.175. The van der Waals surface area contributed by atoms with Gasteiger partial charge >= 0.3 is 0 Å². The smallest absolute Gasteiger partial charge is 0.0949 e. The van der Waals surface area contributed by atoms with Gasteiger partial charge in [0.2, 0.25) is 0 Å². The molecule has 0 bridgehead atoms. The van der Waals surface area contributed by atoms with E-state index in [-0.39, 0.29) is 6.10 Å². The third-order valence-electron chi connectivity index (χ3n) is 3.45. The molecule has 1 aromatic carbocycles. The van der Waals surface area contributed by atoms with Gasteiger partial charge in [0, 0.05) is 13.2 Å². The quantitative estimate of drug-likeness (QED) is 0.636. The molecule has 0 aromatic heterocycles. The highest BCUT2D eigenvalue weighted by molar-refractivity contribution is 5.23. The Bertz CT molecular complexity index is 345. The van der Waals surface area contributed by atoms with E-state index >= 15 is 0 Å². The molecule has 0 amide bonds. The molecule has 0 aliphatic rings. The fraction of sp³-hybridized carbons (Fsp3) is 0.667. The van der Waals surface area contributed by atoms with Crippen molar-refractivity contribution < 1.29 is 4.74 Å². The zero-order chi connectivity index (χ0) is 14.8. The minimum Gasteiger partial charge on any atom is -0.372 e. The van der Waals surface area contributed by atoms with Gasteiger partial charge in [0.05, 0.1) is 6.10 Å². The lowest BCUT2D eigenvalue weighted by molar-refractivity contribution is 0.0488. The summed E-state index contributed by atoms with van der Waals surface area (Å²) in [6.07, 6.45) is 3.72. The zero-order valence-electron chi connectivity index (χ0n) is 13.6. The maximum absolute atomic E-state index is 6.10. The lowest BCUT2D eigenvalue weighted by Crippen LogP contribution is -2.24. The summed E-state index contributed by atoms with van der Waals surface area (Å²) in [5, 5.41) is 3.47. The summed E-state index contributed by atoms with van der Waals surface area (Å²) in [5.74, 6) is 0.759. The molecule has 1 unspecified atom stereocenters. The lowest BCUT2D eigenvalue weighted by Gasteiger charge is -2.19. The van der Waals surface area contributed by atoms with Crippen molar-refractivity contribution in [2.75, 3.05) is 19.7 Å². The molecular weight excluding hydrogens is 246 g/mol. The van der Waals surface area contributed by atoms with Crippen molar-refractivity contribution in [2.45, 2.75) is 53.1 Å². The molecule has 0 radical (unpaired) electrons. The SMILES string of the molecule is CCCNCC(OCCCC(C)C)c1ccc(C)cc1. The summed E-state index contributed by atoms with van der Waals surface area (Å²) in [5.41, 5.74) is 2.58. The number of aryl methyl sites for hydroxylation is 1. The molecular formula is C18H31NO. The Hall–Kier alpha value is -0.860. The van der Waals surface area contributed by atoms with E-state index in [0.717, 1.165) is 38.5 Å². The molecule has 0 saturated heterocycles. The fourth-order valence-electron chi connectivity index (χ4n) is 2.18. The average molecular weight is 277 g/mol. The second-order valence-corrected chi connectivity index (χ2v) is 6.01. The fourth-order valence-corrected chi connectivity index (χ4v) is 2.18. The van der Waals surface area contributed by atoms with E-state index in [1.807, 2.05) is 0 Å². The number of ether oxygens (including phenoxy) is 1. The second kappa shape index (κ2) is 9.95. The molecule has 0 heterocycles. The van der Waals surface area contributed by atoms with E-state index in [0.29, 0.717) is 0 Å². The topological polar surface area (TPSA) is 21.3 Å². The highest BCUT2D eigenvalue weighted by Crippen LogP contribution is 2.18. The Balaban J connectivity index is 2.48. The average Bonchev–Trinajstić information content (AvgIpc) is 2.42. The predicted molar refractivity (Wildman–Crippen MR) is 87.1 cm³/mol. The number of hydrogen-bond acceptors (Lipinski definition) is 2. The Morgan fingerprint density at radius 3 is 2.45 bits per heavy atom. The monoisotopic (exact) mass is 277 g/mol. The highest BCUT2D eigenvalue weighted by Gasteiger charge is 2.11. The first-order chi connectivity index (χ1) is 9.63. The maximum atomic E-state index is 6.10. The number of benzene rings is 1. The summed E-state index contributed by atoms with van der Waals surface area (Å²) < 4.78 is 6.10. The van der Waals surface area contributed by atoms with Gasteiger partial charge in [-0.05, 0) is 44.2 Å². The molecule has 20 heavy (non-hydrogen) atoms. The molecule has 2 nitrogen and oxygen atoms in total. The molecule has 1 N–H and O–H groups in total. The Morgan fingerprint density at radius 1 is 1.15 bits per heavy atom. The summed E-state index contributed by atoms with van der Waals surface area (Å²) >= 11 is 0. The highest BCUT2D eigenvalue weighted by atomic mass is 16.5. The maximum Gasteiger partial charge on any atom is 0.0949 e. The van der Waals surface area contributed by atoms with Crippen LogP contribution in [0.4, 0.5) is 0 Å². The van der Waals surface area contributed by atoms with Crippen molar-refractivity contribution >= 4 is 0 Å². The Labute approximate surface area is 124 Å². The summed E-state index contributed by atoms with van der Waals surface area (Å²) in [6, 6.07) is 8.71. The molecule has 1 rings (SSSR count). The summed E-state index contributed by atoms with van der Waals surface area (Å²) in [4.78, 5) is 0. The van der Waals surface area contributed by atoms with E-state index in [1.165, 1.54) is 17.5 Å². The molecule has 2 heteroatoms. The lowest BCUT2D eigenvalue weighted by atomic mass is 10.1. The normalized spacial score (nSPS) is 12.8. The molecule has 0 saturated carbocycles. The van der Waals surface area contributed by atoms with Crippen LogP contribution in [0.15, 0.2) is 24.3 Å².